The number of carbonyl (C=O) groups is 3. The molecule has 0 aromatic carbocycles. The van der Waals surface area contributed by atoms with Gasteiger partial charge in [-0.1, -0.05) is 104 Å². The van der Waals surface area contributed by atoms with Crippen molar-refractivity contribution in [2.75, 3.05) is 13.2 Å². The van der Waals surface area contributed by atoms with Crippen LogP contribution in [0, 0.1) is 11.8 Å². The molecule has 0 N–H and O–H groups in total. The summed E-state index contributed by atoms with van der Waals surface area (Å²) in [6.07, 6.45) is 25.3. The van der Waals surface area contributed by atoms with E-state index < -0.39 is 5.92 Å². The van der Waals surface area contributed by atoms with Crippen LogP contribution < -0.4 is 0 Å². The molecule has 36 heavy (non-hydrogen) atoms. The molecule has 1 rings (SSSR count). The number of allylic oxidation sites excluding steroid dienone is 2. The maximum atomic E-state index is 12.5. The maximum absolute atomic E-state index is 12.5. The van der Waals surface area contributed by atoms with Crippen LogP contribution in [0.3, 0.4) is 0 Å². The van der Waals surface area contributed by atoms with E-state index in [-0.39, 0.29) is 30.7 Å². The molecule has 5 nitrogen and oxygen atoms in total. The van der Waals surface area contributed by atoms with Crippen molar-refractivity contribution in [3.63, 3.8) is 0 Å². The Labute approximate surface area is 221 Å². The van der Waals surface area contributed by atoms with Crippen molar-refractivity contribution < 1.29 is 19.1 Å². The Morgan fingerprint density at radius 1 is 0.861 bits per heavy atom. The van der Waals surface area contributed by atoms with Crippen molar-refractivity contribution in [1.82, 2.24) is 4.90 Å². The lowest BCUT2D eigenvalue weighted by Gasteiger charge is -2.17. The minimum Gasteiger partial charge on any atom is -0.465 e. The molecule has 208 valence electrons. The number of nitrogens with zero attached hydrogens (tertiary/aromatic N) is 1. The van der Waals surface area contributed by atoms with Gasteiger partial charge >= 0.3 is 5.97 Å². The van der Waals surface area contributed by atoms with Crippen LogP contribution in [0.15, 0.2) is 12.2 Å². The Bertz CT molecular complexity index is 630. The van der Waals surface area contributed by atoms with Crippen LogP contribution in [0.1, 0.15) is 143 Å². The molecule has 1 saturated heterocycles. The molecule has 2 atom stereocenters. The fourth-order valence-corrected chi connectivity index (χ4v) is 4.80. The van der Waals surface area contributed by atoms with Gasteiger partial charge in [-0.15, -0.1) is 0 Å². The smallest absolute Gasteiger partial charge is 0.311 e. The average Bonchev–Trinajstić information content (AvgIpc) is 3.28. The third kappa shape index (κ3) is 14.8. The molecule has 2 unspecified atom stereocenters. The molecule has 1 aliphatic rings. The van der Waals surface area contributed by atoms with Crippen LogP contribution in [0.4, 0.5) is 0 Å². The summed E-state index contributed by atoms with van der Waals surface area (Å²) in [5.41, 5.74) is 0. The minimum atomic E-state index is -0.501. The molecule has 0 aromatic heterocycles. The third-order valence-electron chi connectivity index (χ3n) is 7.42. The molecule has 0 saturated carbocycles. The van der Waals surface area contributed by atoms with E-state index in [9.17, 15) is 14.4 Å². The zero-order chi connectivity index (χ0) is 26.4. The van der Waals surface area contributed by atoms with Gasteiger partial charge in [0.05, 0.1) is 12.5 Å². The average molecular weight is 506 g/mol. The molecule has 1 fully saturated rings. The number of hydrogen-bond donors (Lipinski definition) is 0. The van der Waals surface area contributed by atoms with E-state index in [4.69, 9.17) is 4.74 Å². The summed E-state index contributed by atoms with van der Waals surface area (Å²) in [6.45, 7) is 7.14. The first kappa shape index (κ1) is 32.4. The predicted octanol–water partition coefficient (Wildman–Crippen LogP) is 8.16. The summed E-state index contributed by atoms with van der Waals surface area (Å²) < 4.78 is 5.51. The van der Waals surface area contributed by atoms with E-state index in [0.29, 0.717) is 18.9 Å². The molecule has 0 spiro atoms. The lowest BCUT2D eigenvalue weighted by atomic mass is 10.0. The van der Waals surface area contributed by atoms with Crippen molar-refractivity contribution in [3.8, 4) is 0 Å². The number of rotatable bonds is 22. The van der Waals surface area contributed by atoms with Gasteiger partial charge in [0.1, 0.15) is 0 Å². The Morgan fingerprint density at radius 3 is 2.06 bits per heavy atom. The lowest BCUT2D eigenvalue weighted by Crippen LogP contribution is -2.33. The number of amides is 2. The van der Waals surface area contributed by atoms with Gasteiger partial charge < -0.3 is 4.74 Å². The Balaban J connectivity index is 2.09. The van der Waals surface area contributed by atoms with Gasteiger partial charge in [-0.3, -0.25) is 19.3 Å². The molecular weight excluding hydrogens is 450 g/mol. The second kappa shape index (κ2) is 21.4. The zero-order valence-corrected chi connectivity index (χ0v) is 23.7. The molecule has 0 radical (unpaired) electrons. The van der Waals surface area contributed by atoms with Gasteiger partial charge in [-0.05, 0) is 44.4 Å². The number of hydrogen-bond acceptors (Lipinski definition) is 4. The Kier molecular flexibility index (Phi) is 19.3. The third-order valence-corrected chi connectivity index (χ3v) is 7.42. The number of ether oxygens (including phenoxy) is 1. The molecule has 0 aromatic rings. The molecule has 1 aliphatic heterocycles. The highest BCUT2D eigenvalue weighted by Gasteiger charge is 2.38. The predicted molar refractivity (Wildman–Crippen MR) is 149 cm³/mol. The first-order valence-corrected chi connectivity index (χ1v) is 15.2. The van der Waals surface area contributed by atoms with E-state index in [0.717, 1.165) is 51.4 Å². The van der Waals surface area contributed by atoms with E-state index in [1.165, 1.54) is 62.7 Å². The molecule has 5 heteroatoms. The number of likely N-dealkylation sites (tertiary alicyclic amines) is 1. The van der Waals surface area contributed by atoms with Crippen molar-refractivity contribution in [2.24, 2.45) is 11.8 Å². The highest BCUT2D eigenvalue weighted by molar-refractivity contribution is 5.99. The quantitative estimate of drug-likeness (QED) is 0.0845. The number of unbranched alkanes of at least 4 members (excludes halogenated alkanes) is 12. The molecule has 2 amide bonds. The number of esters is 1. The van der Waals surface area contributed by atoms with Crippen LogP contribution >= 0.6 is 0 Å². The van der Waals surface area contributed by atoms with Crippen molar-refractivity contribution in [1.29, 1.82) is 0 Å². The van der Waals surface area contributed by atoms with E-state index in [1.807, 2.05) is 0 Å². The largest absolute Gasteiger partial charge is 0.465 e. The second-order valence-electron chi connectivity index (χ2n) is 10.7. The summed E-state index contributed by atoms with van der Waals surface area (Å²) >= 11 is 0. The van der Waals surface area contributed by atoms with Gasteiger partial charge in [0.15, 0.2) is 0 Å². The fourth-order valence-electron chi connectivity index (χ4n) is 4.80. The first-order valence-electron chi connectivity index (χ1n) is 15.2. The van der Waals surface area contributed by atoms with Gasteiger partial charge in [-0.2, -0.15) is 0 Å². The summed E-state index contributed by atoms with van der Waals surface area (Å²) in [4.78, 5) is 38.6. The summed E-state index contributed by atoms with van der Waals surface area (Å²) in [7, 11) is 0. The minimum absolute atomic E-state index is 0.0999. The molecule has 0 aliphatic carbocycles. The Hall–Kier alpha value is -1.65. The maximum Gasteiger partial charge on any atom is 0.311 e. The van der Waals surface area contributed by atoms with Gasteiger partial charge in [0, 0.05) is 19.4 Å². The summed E-state index contributed by atoms with van der Waals surface area (Å²) in [6, 6.07) is 0. The highest BCUT2D eigenvalue weighted by atomic mass is 16.5. The monoisotopic (exact) mass is 505 g/mol. The topological polar surface area (TPSA) is 63.7 Å². The van der Waals surface area contributed by atoms with Gasteiger partial charge in [0.25, 0.3) is 0 Å². The molecular formula is C31H55NO4. The van der Waals surface area contributed by atoms with Crippen LogP contribution in [0.5, 0.6) is 0 Å². The summed E-state index contributed by atoms with van der Waals surface area (Å²) in [5, 5.41) is 0. The van der Waals surface area contributed by atoms with Crippen molar-refractivity contribution >= 4 is 17.8 Å². The van der Waals surface area contributed by atoms with Gasteiger partial charge in [-0.25, -0.2) is 0 Å². The standard InChI is InChI=1S/C31H55NO4/c1-4-7-9-10-11-12-13-14-15-16-17-18-19-20-21-23-29(33)32-25-28(24-30(32)34)31(35)36-26-27(6-3)22-8-5-2/h14-15,27-28H,4-13,16-26H2,1-3H3. The number of imide groups is 1. The highest BCUT2D eigenvalue weighted by Crippen LogP contribution is 2.22. The van der Waals surface area contributed by atoms with Crippen LogP contribution in [0.25, 0.3) is 0 Å². The second-order valence-corrected chi connectivity index (χ2v) is 10.7. The van der Waals surface area contributed by atoms with Crippen molar-refractivity contribution in [2.45, 2.75) is 143 Å². The van der Waals surface area contributed by atoms with E-state index in [1.54, 1.807) is 0 Å². The van der Waals surface area contributed by atoms with Crippen LogP contribution in [-0.2, 0) is 19.1 Å². The molecule has 0 bridgehead atoms. The molecule has 1 heterocycles. The number of carbonyl (C=O) groups excluding carboxylic acids is 3. The Morgan fingerprint density at radius 2 is 1.44 bits per heavy atom. The van der Waals surface area contributed by atoms with Gasteiger partial charge in [0.2, 0.25) is 11.8 Å². The van der Waals surface area contributed by atoms with Crippen molar-refractivity contribution in [3.05, 3.63) is 12.2 Å². The SMILES string of the molecule is CCCCCCCCC=CCCCCCCCC(=O)N1CC(C(=O)OCC(CC)CCCC)CC1=O. The normalized spacial score (nSPS) is 16.7. The zero-order valence-electron chi connectivity index (χ0n) is 23.7. The van der Waals surface area contributed by atoms with Crippen LogP contribution in [-0.4, -0.2) is 35.8 Å². The van der Waals surface area contributed by atoms with E-state index in [2.05, 4.69) is 32.9 Å². The fraction of sp³-hybridized carbons (Fsp3) is 0.839. The van der Waals surface area contributed by atoms with E-state index >= 15 is 0 Å². The lowest BCUT2D eigenvalue weighted by molar-refractivity contribution is -0.149. The van der Waals surface area contributed by atoms with Crippen LogP contribution in [0.2, 0.25) is 0 Å². The first-order chi connectivity index (χ1) is 17.5. The summed E-state index contributed by atoms with van der Waals surface area (Å²) in [5.74, 6) is -0.811.